The molecule has 0 radical (unpaired) electrons. The summed E-state index contributed by atoms with van der Waals surface area (Å²) >= 11 is 6.03. The van der Waals surface area contributed by atoms with Crippen molar-refractivity contribution in [2.24, 2.45) is 5.92 Å². The van der Waals surface area contributed by atoms with Crippen molar-refractivity contribution in [2.75, 3.05) is 20.1 Å². The predicted molar refractivity (Wildman–Crippen MR) is 123 cm³/mol. The SMILES string of the molecule is CN(Cc1cccc(Cl)c1)C(=O)C1CCN(S(=O)(=O)c2ccc3ccccc3c2)CC1. The highest BCUT2D eigenvalue weighted by Crippen LogP contribution is 2.27. The third kappa shape index (κ3) is 4.76. The summed E-state index contributed by atoms with van der Waals surface area (Å²) in [4.78, 5) is 14.9. The summed E-state index contributed by atoms with van der Waals surface area (Å²) in [5, 5.41) is 2.55. The molecule has 7 heteroatoms. The van der Waals surface area contributed by atoms with Crippen molar-refractivity contribution in [3.05, 3.63) is 77.3 Å². The first kappa shape index (κ1) is 21.8. The molecule has 3 aromatic carbocycles. The van der Waals surface area contributed by atoms with Crippen molar-refractivity contribution in [3.63, 3.8) is 0 Å². The molecule has 1 fully saturated rings. The summed E-state index contributed by atoms with van der Waals surface area (Å²) in [5.41, 5.74) is 0.972. The summed E-state index contributed by atoms with van der Waals surface area (Å²) in [6.07, 6.45) is 1.04. The van der Waals surface area contributed by atoms with Crippen LogP contribution in [0, 0.1) is 5.92 Å². The van der Waals surface area contributed by atoms with Crippen LogP contribution in [0.2, 0.25) is 5.02 Å². The lowest BCUT2D eigenvalue weighted by Gasteiger charge is -2.32. The number of hydrogen-bond donors (Lipinski definition) is 0. The molecular formula is C24H25ClN2O3S. The number of nitrogens with zero attached hydrogens (tertiary/aromatic N) is 2. The zero-order chi connectivity index (χ0) is 22.0. The van der Waals surface area contributed by atoms with Gasteiger partial charge in [0.25, 0.3) is 0 Å². The van der Waals surface area contributed by atoms with Crippen LogP contribution < -0.4 is 0 Å². The topological polar surface area (TPSA) is 57.7 Å². The molecule has 162 valence electrons. The normalized spacial score (nSPS) is 15.8. The Bertz CT molecular complexity index is 1200. The first-order valence-electron chi connectivity index (χ1n) is 10.3. The van der Waals surface area contributed by atoms with Crippen molar-refractivity contribution in [3.8, 4) is 0 Å². The zero-order valence-electron chi connectivity index (χ0n) is 17.4. The maximum Gasteiger partial charge on any atom is 0.243 e. The summed E-state index contributed by atoms with van der Waals surface area (Å²) in [6, 6.07) is 20.4. The Balaban J connectivity index is 1.40. The number of carbonyl (C=O) groups is 1. The average molecular weight is 457 g/mol. The number of hydrogen-bond acceptors (Lipinski definition) is 3. The van der Waals surface area contributed by atoms with Crippen molar-refractivity contribution in [1.82, 2.24) is 9.21 Å². The van der Waals surface area contributed by atoms with E-state index >= 15 is 0 Å². The summed E-state index contributed by atoms with van der Waals surface area (Å²) < 4.78 is 27.8. The van der Waals surface area contributed by atoms with Gasteiger partial charge in [-0.1, -0.05) is 54.1 Å². The highest BCUT2D eigenvalue weighted by Gasteiger charge is 2.33. The summed E-state index contributed by atoms with van der Waals surface area (Å²) in [7, 11) is -1.80. The molecule has 0 bridgehead atoms. The van der Waals surface area contributed by atoms with E-state index in [1.165, 1.54) is 4.31 Å². The second-order valence-electron chi connectivity index (χ2n) is 8.01. The number of sulfonamides is 1. The van der Waals surface area contributed by atoms with Crippen molar-refractivity contribution >= 4 is 38.3 Å². The first-order chi connectivity index (χ1) is 14.8. The quantitative estimate of drug-likeness (QED) is 0.565. The van der Waals surface area contributed by atoms with Crippen molar-refractivity contribution < 1.29 is 13.2 Å². The number of rotatable bonds is 5. The second-order valence-corrected chi connectivity index (χ2v) is 10.4. The number of amides is 1. The molecule has 1 heterocycles. The van der Waals surface area contributed by atoms with Gasteiger partial charge < -0.3 is 4.90 Å². The fraction of sp³-hybridized carbons (Fsp3) is 0.292. The van der Waals surface area contributed by atoms with Gasteiger partial charge in [0.2, 0.25) is 15.9 Å². The molecule has 0 unspecified atom stereocenters. The third-order valence-electron chi connectivity index (χ3n) is 5.85. The third-order valence-corrected chi connectivity index (χ3v) is 7.98. The smallest absolute Gasteiger partial charge is 0.243 e. The fourth-order valence-electron chi connectivity index (χ4n) is 4.12. The van der Waals surface area contributed by atoms with Gasteiger partial charge in [0.05, 0.1) is 4.90 Å². The molecule has 1 aliphatic rings. The molecular weight excluding hydrogens is 432 g/mol. The van der Waals surface area contributed by atoms with Crippen LogP contribution in [0.5, 0.6) is 0 Å². The van der Waals surface area contributed by atoms with Crippen molar-refractivity contribution in [1.29, 1.82) is 0 Å². The van der Waals surface area contributed by atoms with E-state index in [1.807, 2.05) is 48.5 Å². The van der Waals surface area contributed by atoms with Gasteiger partial charge in [0, 0.05) is 37.6 Å². The van der Waals surface area contributed by atoms with E-state index < -0.39 is 10.0 Å². The summed E-state index contributed by atoms with van der Waals surface area (Å²) in [5.74, 6) is -0.130. The van der Waals surface area contributed by atoms with E-state index in [0.717, 1.165) is 16.3 Å². The van der Waals surface area contributed by atoms with Gasteiger partial charge in [-0.15, -0.1) is 0 Å². The molecule has 1 amide bonds. The van der Waals surface area contributed by atoms with Gasteiger partial charge in [-0.2, -0.15) is 4.31 Å². The number of carbonyl (C=O) groups excluding carboxylic acids is 1. The van der Waals surface area contributed by atoms with E-state index in [1.54, 1.807) is 30.1 Å². The van der Waals surface area contributed by atoms with E-state index in [-0.39, 0.29) is 11.8 Å². The lowest BCUT2D eigenvalue weighted by molar-refractivity contribution is -0.135. The molecule has 1 aliphatic heterocycles. The molecule has 0 aliphatic carbocycles. The zero-order valence-corrected chi connectivity index (χ0v) is 18.9. The monoisotopic (exact) mass is 456 g/mol. The Morgan fingerprint density at radius 2 is 1.71 bits per heavy atom. The first-order valence-corrected chi connectivity index (χ1v) is 12.1. The molecule has 0 N–H and O–H groups in total. The van der Waals surface area contributed by atoms with Crippen LogP contribution in [-0.2, 0) is 21.4 Å². The standard InChI is InChI=1S/C24H25ClN2O3S/c1-26(17-18-5-4-8-22(25)15-18)24(28)20-11-13-27(14-12-20)31(29,30)23-10-9-19-6-2-3-7-21(19)16-23/h2-10,15-16,20H,11-14,17H2,1H3. The minimum Gasteiger partial charge on any atom is -0.341 e. The summed E-state index contributed by atoms with van der Waals surface area (Å²) in [6.45, 7) is 1.17. The Morgan fingerprint density at radius 3 is 2.42 bits per heavy atom. The van der Waals surface area contributed by atoms with Gasteiger partial charge in [0.15, 0.2) is 0 Å². The minimum atomic E-state index is -3.58. The molecule has 0 atom stereocenters. The average Bonchev–Trinajstić information content (AvgIpc) is 2.78. The highest BCUT2D eigenvalue weighted by atomic mass is 35.5. The second kappa shape index (κ2) is 8.99. The van der Waals surface area contributed by atoms with Gasteiger partial charge in [0.1, 0.15) is 0 Å². The molecule has 5 nitrogen and oxygen atoms in total. The lowest BCUT2D eigenvalue weighted by Crippen LogP contribution is -2.43. The van der Waals surface area contributed by atoms with Crippen LogP contribution in [-0.4, -0.2) is 43.7 Å². The molecule has 31 heavy (non-hydrogen) atoms. The van der Waals surface area contributed by atoms with Crippen molar-refractivity contribution in [2.45, 2.75) is 24.3 Å². The molecule has 4 rings (SSSR count). The molecule has 0 saturated carbocycles. The minimum absolute atomic E-state index is 0.0442. The van der Waals surface area contributed by atoms with Crippen LogP contribution >= 0.6 is 11.6 Å². The maximum atomic E-state index is 13.1. The van der Waals surface area contributed by atoms with Crippen LogP contribution in [0.3, 0.4) is 0 Å². The van der Waals surface area contributed by atoms with Gasteiger partial charge >= 0.3 is 0 Å². The Morgan fingerprint density at radius 1 is 1.00 bits per heavy atom. The Kier molecular flexibility index (Phi) is 6.32. The van der Waals surface area contributed by atoms with Gasteiger partial charge in [-0.25, -0.2) is 8.42 Å². The van der Waals surface area contributed by atoms with Crippen LogP contribution in [0.15, 0.2) is 71.6 Å². The number of halogens is 1. The van der Waals surface area contributed by atoms with E-state index in [0.29, 0.717) is 42.4 Å². The van der Waals surface area contributed by atoms with Crippen LogP contribution in [0.25, 0.3) is 10.8 Å². The predicted octanol–water partition coefficient (Wildman–Crippen LogP) is 4.55. The number of piperidine rings is 1. The fourth-order valence-corrected chi connectivity index (χ4v) is 5.84. The molecule has 1 saturated heterocycles. The maximum absolute atomic E-state index is 13.1. The molecule has 0 spiro atoms. The van der Waals surface area contributed by atoms with E-state index in [4.69, 9.17) is 11.6 Å². The number of fused-ring (bicyclic) bond motifs is 1. The van der Waals surface area contributed by atoms with E-state index in [2.05, 4.69) is 0 Å². The van der Waals surface area contributed by atoms with Crippen LogP contribution in [0.1, 0.15) is 18.4 Å². The number of benzene rings is 3. The molecule has 3 aromatic rings. The van der Waals surface area contributed by atoms with Crippen LogP contribution in [0.4, 0.5) is 0 Å². The lowest BCUT2D eigenvalue weighted by atomic mass is 9.96. The Hall–Kier alpha value is -2.41. The molecule has 0 aromatic heterocycles. The largest absolute Gasteiger partial charge is 0.341 e. The Labute approximate surface area is 188 Å². The van der Waals surface area contributed by atoms with Gasteiger partial charge in [-0.3, -0.25) is 4.79 Å². The van der Waals surface area contributed by atoms with Gasteiger partial charge in [-0.05, 0) is 53.4 Å². The highest BCUT2D eigenvalue weighted by molar-refractivity contribution is 7.89. The van der Waals surface area contributed by atoms with E-state index in [9.17, 15) is 13.2 Å².